The first-order chi connectivity index (χ1) is 8.31. The van der Waals surface area contributed by atoms with Gasteiger partial charge in [0.15, 0.2) is 0 Å². The Hall–Kier alpha value is -2.36. The predicted octanol–water partition coefficient (Wildman–Crippen LogP) is 1.84. The highest BCUT2D eigenvalue weighted by Crippen LogP contribution is 2.13. The fraction of sp³-hybridized carbons (Fsp3) is 0.0769. The molecule has 3 aromatic rings. The third-order valence-corrected chi connectivity index (χ3v) is 2.74. The number of benzene rings is 1. The van der Waals surface area contributed by atoms with Crippen LogP contribution in [0, 0.1) is 0 Å². The Balaban J connectivity index is 1.98. The van der Waals surface area contributed by atoms with Crippen LogP contribution in [-0.4, -0.2) is 15.0 Å². The van der Waals surface area contributed by atoms with Gasteiger partial charge in [0.1, 0.15) is 0 Å². The summed E-state index contributed by atoms with van der Waals surface area (Å²) in [6.07, 6.45) is 4.41. The SMILES string of the molecule is O=c1[nH]c2ccc(Cc3ccncc3)cc2[nH]1. The maximum absolute atomic E-state index is 11.1. The molecule has 17 heavy (non-hydrogen) atoms. The van der Waals surface area contributed by atoms with Crippen molar-refractivity contribution in [2.45, 2.75) is 6.42 Å². The van der Waals surface area contributed by atoms with E-state index >= 15 is 0 Å². The first-order valence-electron chi connectivity index (χ1n) is 5.41. The Morgan fingerprint density at radius 2 is 1.71 bits per heavy atom. The van der Waals surface area contributed by atoms with Gasteiger partial charge >= 0.3 is 5.69 Å². The summed E-state index contributed by atoms with van der Waals surface area (Å²) in [6, 6.07) is 9.91. The molecule has 0 saturated heterocycles. The average Bonchev–Trinajstić information content (AvgIpc) is 2.70. The number of hydrogen-bond acceptors (Lipinski definition) is 2. The Morgan fingerprint density at radius 1 is 0.941 bits per heavy atom. The maximum atomic E-state index is 11.1. The van der Waals surface area contributed by atoms with E-state index in [0.717, 1.165) is 17.5 Å². The first-order valence-corrected chi connectivity index (χ1v) is 5.41. The third kappa shape index (κ3) is 1.97. The van der Waals surface area contributed by atoms with Crippen molar-refractivity contribution in [1.29, 1.82) is 0 Å². The van der Waals surface area contributed by atoms with E-state index in [2.05, 4.69) is 15.0 Å². The second-order valence-electron chi connectivity index (χ2n) is 3.99. The highest BCUT2D eigenvalue weighted by atomic mass is 16.1. The fourth-order valence-electron chi connectivity index (χ4n) is 1.93. The molecule has 2 N–H and O–H groups in total. The van der Waals surface area contributed by atoms with Gasteiger partial charge in [-0.3, -0.25) is 4.98 Å². The Kier molecular flexibility index (Phi) is 2.26. The van der Waals surface area contributed by atoms with Crippen molar-refractivity contribution in [2.75, 3.05) is 0 Å². The molecule has 0 fully saturated rings. The van der Waals surface area contributed by atoms with E-state index in [9.17, 15) is 4.79 Å². The molecule has 0 aliphatic heterocycles. The molecule has 0 amide bonds. The number of aromatic amines is 2. The number of hydrogen-bond donors (Lipinski definition) is 2. The molecule has 3 rings (SSSR count). The van der Waals surface area contributed by atoms with Crippen LogP contribution in [0.15, 0.2) is 47.5 Å². The van der Waals surface area contributed by atoms with Gasteiger partial charge in [0.05, 0.1) is 11.0 Å². The number of nitrogens with zero attached hydrogens (tertiary/aromatic N) is 1. The lowest BCUT2D eigenvalue weighted by molar-refractivity contribution is 1.16. The molecule has 0 bridgehead atoms. The average molecular weight is 225 g/mol. The lowest BCUT2D eigenvalue weighted by atomic mass is 10.1. The van der Waals surface area contributed by atoms with Crippen LogP contribution < -0.4 is 5.69 Å². The third-order valence-electron chi connectivity index (χ3n) is 2.74. The number of fused-ring (bicyclic) bond motifs is 1. The minimum absolute atomic E-state index is 0.166. The predicted molar refractivity (Wildman–Crippen MR) is 66.0 cm³/mol. The van der Waals surface area contributed by atoms with Crippen LogP contribution in [0.5, 0.6) is 0 Å². The standard InChI is InChI=1S/C13H11N3O/c17-13-15-11-2-1-10(8-12(11)16-13)7-9-3-5-14-6-4-9/h1-6,8H,7H2,(H2,15,16,17). The summed E-state index contributed by atoms with van der Waals surface area (Å²) in [6.45, 7) is 0. The van der Waals surface area contributed by atoms with Gasteiger partial charge < -0.3 is 9.97 Å². The molecule has 4 heteroatoms. The highest BCUT2D eigenvalue weighted by molar-refractivity contribution is 5.75. The molecule has 0 aliphatic rings. The number of rotatable bonds is 2. The number of nitrogens with one attached hydrogen (secondary N) is 2. The minimum atomic E-state index is -0.166. The largest absolute Gasteiger partial charge is 0.323 e. The van der Waals surface area contributed by atoms with Crippen LogP contribution in [-0.2, 0) is 6.42 Å². The molecular formula is C13H11N3O. The number of H-pyrrole nitrogens is 2. The van der Waals surface area contributed by atoms with Crippen LogP contribution in [0.3, 0.4) is 0 Å². The summed E-state index contributed by atoms with van der Waals surface area (Å²) in [7, 11) is 0. The van der Waals surface area contributed by atoms with Crippen molar-refractivity contribution >= 4 is 11.0 Å². The van der Waals surface area contributed by atoms with Crippen LogP contribution in [0.25, 0.3) is 11.0 Å². The van der Waals surface area contributed by atoms with Crippen molar-refractivity contribution in [3.63, 3.8) is 0 Å². The van der Waals surface area contributed by atoms with E-state index < -0.39 is 0 Å². The first kappa shape index (κ1) is 9.84. The van der Waals surface area contributed by atoms with E-state index in [1.807, 2.05) is 30.3 Å². The zero-order chi connectivity index (χ0) is 11.7. The summed E-state index contributed by atoms with van der Waals surface area (Å²) in [5.74, 6) is 0. The molecule has 2 aromatic heterocycles. The quantitative estimate of drug-likeness (QED) is 0.699. The van der Waals surface area contributed by atoms with E-state index in [0.29, 0.717) is 0 Å². The zero-order valence-electron chi connectivity index (χ0n) is 9.10. The normalized spacial score (nSPS) is 10.8. The van der Waals surface area contributed by atoms with E-state index in [1.165, 1.54) is 11.1 Å². The van der Waals surface area contributed by atoms with Crippen molar-refractivity contribution in [2.24, 2.45) is 0 Å². The van der Waals surface area contributed by atoms with Gasteiger partial charge in [-0.1, -0.05) is 6.07 Å². The minimum Gasteiger partial charge on any atom is -0.306 e. The number of pyridine rings is 1. The maximum Gasteiger partial charge on any atom is 0.323 e. The van der Waals surface area contributed by atoms with Gasteiger partial charge in [-0.15, -0.1) is 0 Å². The lowest BCUT2D eigenvalue weighted by Gasteiger charge is -2.01. The molecule has 4 nitrogen and oxygen atoms in total. The molecule has 0 unspecified atom stereocenters. The monoisotopic (exact) mass is 225 g/mol. The molecule has 0 aliphatic carbocycles. The molecular weight excluding hydrogens is 214 g/mol. The molecule has 0 radical (unpaired) electrons. The lowest BCUT2D eigenvalue weighted by Crippen LogP contribution is -1.99. The van der Waals surface area contributed by atoms with Crippen LogP contribution in [0.1, 0.15) is 11.1 Å². The molecule has 2 heterocycles. The van der Waals surface area contributed by atoms with Gasteiger partial charge in [-0.2, -0.15) is 0 Å². The van der Waals surface area contributed by atoms with Crippen LogP contribution >= 0.6 is 0 Å². The summed E-state index contributed by atoms with van der Waals surface area (Å²) >= 11 is 0. The number of imidazole rings is 1. The Labute approximate surface area is 97.3 Å². The Morgan fingerprint density at radius 3 is 2.53 bits per heavy atom. The molecule has 0 atom stereocenters. The summed E-state index contributed by atoms with van der Waals surface area (Å²) in [5, 5.41) is 0. The summed E-state index contributed by atoms with van der Waals surface area (Å²) in [4.78, 5) is 20.6. The second kappa shape index (κ2) is 3.90. The fourth-order valence-corrected chi connectivity index (χ4v) is 1.93. The van der Waals surface area contributed by atoms with Crippen LogP contribution in [0.2, 0.25) is 0 Å². The molecule has 0 saturated carbocycles. The van der Waals surface area contributed by atoms with Gasteiger partial charge in [-0.05, 0) is 41.8 Å². The van der Waals surface area contributed by atoms with Crippen molar-refractivity contribution in [3.8, 4) is 0 Å². The van der Waals surface area contributed by atoms with Gasteiger partial charge in [0, 0.05) is 12.4 Å². The van der Waals surface area contributed by atoms with Gasteiger partial charge in [0.2, 0.25) is 0 Å². The van der Waals surface area contributed by atoms with E-state index in [-0.39, 0.29) is 5.69 Å². The summed E-state index contributed by atoms with van der Waals surface area (Å²) < 4.78 is 0. The molecule has 0 spiro atoms. The van der Waals surface area contributed by atoms with Gasteiger partial charge in [-0.25, -0.2) is 4.79 Å². The van der Waals surface area contributed by atoms with Crippen molar-refractivity contribution < 1.29 is 0 Å². The topological polar surface area (TPSA) is 61.5 Å². The van der Waals surface area contributed by atoms with Crippen molar-refractivity contribution in [1.82, 2.24) is 15.0 Å². The zero-order valence-corrected chi connectivity index (χ0v) is 9.10. The van der Waals surface area contributed by atoms with E-state index in [4.69, 9.17) is 0 Å². The second-order valence-corrected chi connectivity index (χ2v) is 3.99. The smallest absolute Gasteiger partial charge is 0.306 e. The highest BCUT2D eigenvalue weighted by Gasteiger charge is 2.00. The van der Waals surface area contributed by atoms with E-state index in [1.54, 1.807) is 12.4 Å². The number of aromatic nitrogens is 3. The van der Waals surface area contributed by atoms with Crippen LogP contribution in [0.4, 0.5) is 0 Å². The Bertz CT molecular complexity index is 697. The molecule has 84 valence electrons. The molecule has 1 aromatic carbocycles. The van der Waals surface area contributed by atoms with Crippen molar-refractivity contribution in [3.05, 3.63) is 64.3 Å². The summed E-state index contributed by atoms with van der Waals surface area (Å²) in [5.41, 5.74) is 3.90. The van der Waals surface area contributed by atoms with Gasteiger partial charge in [0.25, 0.3) is 0 Å².